The first-order valence-electron chi connectivity index (χ1n) is 7.90. The van der Waals surface area contributed by atoms with E-state index in [4.69, 9.17) is 5.73 Å². The fourth-order valence-corrected chi connectivity index (χ4v) is 2.93. The average Bonchev–Trinajstić information content (AvgIpc) is 3.00. The van der Waals surface area contributed by atoms with Gasteiger partial charge >= 0.3 is 0 Å². The van der Waals surface area contributed by atoms with Gasteiger partial charge in [-0.25, -0.2) is 0 Å². The zero-order valence-corrected chi connectivity index (χ0v) is 14.4. The van der Waals surface area contributed by atoms with Crippen molar-refractivity contribution in [2.45, 2.75) is 38.8 Å². The lowest BCUT2D eigenvalue weighted by Gasteiger charge is -2.26. The van der Waals surface area contributed by atoms with Crippen LogP contribution < -0.4 is 5.73 Å². The molecule has 0 spiro atoms. The summed E-state index contributed by atoms with van der Waals surface area (Å²) in [6.45, 7) is 3.86. The van der Waals surface area contributed by atoms with Gasteiger partial charge in [0.2, 0.25) is 11.8 Å². The van der Waals surface area contributed by atoms with Crippen LogP contribution in [0.4, 0.5) is 0 Å². The van der Waals surface area contributed by atoms with Crippen molar-refractivity contribution in [3.63, 3.8) is 0 Å². The molecule has 1 atom stereocenters. The maximum Gasteiger partial charge on any atom is 0.224 e. The van der Waals surface area contributed by atoms with Gasteiger partial charge in [-0.2, -0.15) is 0 Å². The van der Waals surface area contributed by atoms with Crippen molar-refractivity contribution in [2.24, 2.45) is 5.73 Å². The molecule has 1 aliphatic rings. The fraction of sp³-hybridized carbons (Fsp3) is 0.529. The molecule has 0 aromatic heterocycles. The van der Waals surface area contributed by atoms with Gasteiger partial charge in [-0.15, -0.1) is 12.4 Å². The molecule has 6 heteroatoms. The Balaban J connectivity index is 0.00000264. The van der Waals surface area contributed by atoms with Crippen LogP contribution in [0.5, 0.6) is 0 Å². The number of amides is 2. The molecule has 23 heavy (non-hydrogen) atoms. The largest absolute Gasteiger partial charge is 0.338 e. The summed E-state index contributed by atoms with van der Waals surface area (Å²) in [6, 6.07) is 10.0. The lowest BCUT2D eigenvalue weighted by molar-refractivity contribution is -0.134. The maximum atomic E-state index is 12.3. The first-order valence-corrected chi connectivity index (χ1v) is 7.90. The quantitative estimate of drug-likeness (QED) is 0.859. The molecule has 2 N–H and O–H groups in total. The van der Waals surface area contributed by atoms with Crippen LogP contribution in [0.1, 0.15) is 31.7 Å². The van der Waals surface area contributed by atoms with Crippen LogP contribution in [0, 0.1) is 0 Å². The molecule has 1 fully saturated rings. The molecule has 128 valence electrons. The van der Waals surface area contributed by atoms with E-state index in [1.165, 1.54) is 0 Å². The molecule has 1 unspecified atom stereocenters. The number of halogens is 1. The van der Waals surface area contributed by atoms with E-state index in [1.807, 2.05) is 35.2 Å². The highest BCUT2D eigenvalue weighted by Crippen LogP contribution is 2.17. The van der Waals surface area contributed by atoms with E-state index >= 15 is 0 Å². The molecule has 1 aliphatic heterocycles. The fourth-order valence-electron chi connectivity index (χ4n) is 2.93. The summed E-state index contributed by atoms with van der Waals surface area (Å²) in [7, 11) is 0. The smallest absolute Gasteiger partial charge is 0.224 e. The maximum absolute atomic E-state index is 12.3. The number of nitrogens with two attached hydrogens (primary N) is 1. The standard InChI is InChI=1S/C17H25N3O2.ClH/c1-14(21)19(13-15-6-3-2-4-7-15)11-9-17(22)20-10-5-8-16(20)12-18;/h2-4,6-7,16H,5,8-13,18H2,1H3;1H. The van der Waals surface area contributed by atoms with Crippen LogP contribution in [-0.2, 0) is 16.1 Å². The van der Waals surface area contributed by atoms with Crippen molar-refractivity contribution in [3.05, 3.63) is 35.9 Å². The number of carbonyl (C=O) groups excluding carboxylic acids is 2. The summed E-state index contributed by atoms with van der Waals surface area (Å²) >= 11 is 0. The number of rotatable bonds is 6. The van der Waals surface area contributed by atoms with E-state index in [9.17, 15) is 9.59 Å². The summed E-state index contributed by atoms with van der Waals surface area (Å²) in [5.41, 5.74) is 6.79. The molecule has 0 radical (unpaired) electrons. The Morgan fingerprint density at radius 2 is 2.00 bits per heavy atom. The van der Waals surface area contributed by atoms with Crippen LogP contribution in [-0.4, -0.2) is 47.3 Å². The first-order chi connectivity index (χ1) is 10.6. The predicted octanol–water partition coefficient (Wildman–Crippen LogP) is 1.80. The molecule has 0 aliphatic carbocycles. The van der Waals surface area contributed by atoms with Crippen molar-refractivity contribution >= 4 is 24.2 Å². The van der Waals surface area contributed by atoms with Crippen molar-refractivity contribution < 1.29 is 9.59 Å². The third-order valence-electron chi connectivity index (χ3n) is 4.23. The van der Waals surface area contributed by atoms with Crippen LogP contribution in [0.25, 0.3) is 0 Å². The Kier molecular flexibility index (Phi) is 8.06. The summed E-state index contributed by atoms with van der Waals surface area (Å²) in [4.78, 5) is 27.7. The van der Waals surface area contributed by atoms with Gasteiger partial charge in [0.1, 0.15) is 0 Å². The number of carbonyl (C=O) groups is 2. The Bertz CT molecular complexity index is 510. The third kappa shape index (κ3) is 5.52. The Morgan fingerprint density at radius 3 is 2.61 bits per heavy atom. The minimum Gasteiger partial charge on any atom is -0.338 e. The van der Waals surface area contributed by atoms with Gasteiger partial charge in [0.05, 0.1) is 0 Å². The zero-order valence-electron chi connectivity index (χ0n) is 13.6. The van der Waals surface area contributed by atoms with Gasteiger partial charge in [0, 0.05) is 45.6 Å². The van der Waals surface area contributed by atoms with Gasteiger partial charge in [-0.3, -0.25) is 9.59 Å². The Hall–Kier alpha value is -1.59. The van der Waals surface area contributed by atoms with E-state index in [0.29, 0.717) is 26.1 Å². The van der Waals surface area contributed by atoms with Gasteiger partial charge in [-0.05, 0) is 18.4 Å². The normalized spacial score (nSPS) is 16.8. The minimum atomic E-state index is -0.00606. The average molecular weight is 340 g/mol. The molecule has 0 saturated carbocycles. The highest BCUT2D eigenvalue weighted by molar-refractivity contribution is 5.85. The molecular weight excluding hydrogens is 314 g/mol. The Morgan fingerprint density at radius 1 is 1.30 bits per heavy atom. The highest BCUT2D eigenvalue weighted by atomic mass is 35.5. The van der Waals surface area contributed by atoms with Crippen molar-refractivity contribution in [1.82, 2.24) is 9.80 Å². The van der Waals surface area contributed by atoms with Crippen LogP contribution in [0.3, 0.4) is 0 Å². The number of nitrogens with zero attached hydrogens (tertiary/aromatic N) is 2. The monoisotopic (exact) mass is 339 g/mol. The highest BCUT2D eigenvalue weighted by Gasteiger charge is 2.27. The summed E-state index contributed by atoms with van der Waals surface area (Å²) in [6.07, 6.45) is 2.37. The van der Waals surface area contributed by atoms with Gasteiger partial charge in [-0.1, -0.05) is 30.3 Å². The second-order valence-electron chi connectivity index (χ2n) is 5.80. The number of likely N-dealkylation sites (tertiary alicyclic amines) is 1. The summed E-state index contributed by atoms with van der Waals surface area (Å²) < 4.78 is 0. The topological polar surface area (TPSA) is 66.6 Å². The molecule has 2 rings (SSSR count). The lowest BCUT2D eigenvalue weighted by Crippen LogP contribution is -2.41. The summed E-state index contributed by atoms with van der Waals surface area (Å²) in [5.74, 6) is 0.0979. The molecular formula is C17H26ClN3O2. The van der Waals surface area contributed by atoms with Crippen molar-refractivity contribution in [2.75, 3.05) is 19.6 Å². The number of hydrogen-bond acceptors (Lipinski definition) is 3. The third-order valence-corrected chi connectivity index (χ3v) is 4.23. The van der Waals surface area contributed by atoms with Crippen LogP contribution in [0.2, 0.25) is 0 Å². The van der Waals surface area contributed by atoms with Crippen LogP contribution >= 0.6 is 12.4 Å². The predicted molar refractivity (Wildman–Crippen MR) is 93.2 cm³/mol. The SMILES string of the molecule is CC(=O)N(CCC(=O)N1CCCC1CN)Cc1ccccc1.Cl. The van der Waals surface area contributed by atoms with E-state index in [0.717, 1.165) is 24.9 Å². The molecule has 1 aromatic rings. The van der Waals surface area contributed by atoms with Gasteiger partial charge in [0.25, 0.3) is 0 Å². The van der Waals surface area contributed by atoms with E-state index in [-0.39, 0.29) is 30.3 Å². The van der Waals surface area contributed by atoms with Crippen LogP contribution in [0.15, 0.2) is 30.3 Å². The molecule has 1 aromatic carbocycles. The Labute approximate surface area is 144 Å². The first kappa shape index (κ1) is 19.5. The van der Waals surface area contributed by atoms with E-state index < -0.39 is 0 Å². The van der Waals surface area contributed by atoms with Gasteiger partial charge in [0.15, 0.2) is 0 Å². The molecule has 1 heterocycles. The molecule has 5 nitrogen and oxygen atoms in total. The summed E-state index contributed by atoms with van der Waals surface area (Å²) in [5, 5.41) is 0. The zero-order chi connectivity index (χ0) is 15.9. The van der Waals surface area contributed by atoms with Crippen molar-refractivity contribution in [1.29, 1.82) is 0 Å². The van der Waals surface area contributed by atoms with Gasteiger partial charge < -0.3 is 15.5 Å². The second kappa shape index (κ2) is 9.53. The lowest BCUT2D eigenvalue weighted by atomic mass is 10.2. The number of benzene rings is 1. The molecule has 2 amide bonds. The van der Waals surface area contributed by atoms with E-state index in [1.54, 1.807) is 11.8 Å². The van der Waals surface area contributed by atoms with E-state index in [2.05, 4.69) is 0 Å². The van der Waals surface area contributed by atoms with Crippen molar-refractivity contribution in [3.8, 4) is 0 Å². The number of hydrogen-bond donors (Lipinski definition) is 1. The molecule has 1 saturated heterocycles. The second-order valence-corrected chi connectivity index (χ2v) is 5.80. The minimum absolute atomic E-state index is 0. The molecule has 0 bridgehead atoms.